The van der Waals surface area contributed by atoms with E-state index in [0.29, 0.717) is 0 Å². The number of hydrogen-bond acceptors (Lipinski definition) is 4. The van der Waals surface area contributed by atoms with Crippen LogP contribution in [0.3, 0.4) is 0 Å². The normalized spacial score (nSPS) is 21.7. The molecule has 28 heavy (non-hydrogen) atoms. The van der Waals surface area contributed by atoms with Crippen molar-refractivity contribution in [1.82, 2.24) is 15.0 Å². The number of benzene rings is 1. The van der Waals surface area contributed by atoms with Crippen LogP contribution in [0.15, 0.2) is 24.4 Å². The van der Waals surface area contributed by atoms with Crippen molar-refractivity contribution >= 4 is 0 Å². The summed E-state index contributed by atoms with van der Waals surface area (Å²) in [5.41, 5.74) is 3.18. The van der Waals surface area contributed by atoms with Crippen molar-refractivity contribution in [2.24, 2.45) is 0 Å². The summed E-state index contributed by atoms with van der Waals surface area (Å²) in [5.74, 6) is 6.29. The zero-order chi connectivity index (χ0) is 19.4. The van der Waals surface area contributed by atoms with Crippen molar-refractivity contribution in [3.05, 3.63) is 35.5 Å². The maximum Gasteiger partial charge on any atom is 0.125 e. The molecule has 5 nitrogen and oxygen atoms in total. The molecule has 0 amide bonds. The summed E-state index contributed by atoms with van der Waals surface area (Å²) < 4.78 is 7.68. The van der Waals surface area contributed by atoms with E-state index >= 15 is 0 Å². The molecule has 1 aliphatic heterocycles. The van der Waals surface area contributed by atoms with E-state index in [1.54, 1.807) is 0 Å². The fraction of sp³-hybridized carbons (Fsp3) is 0.565. The van der Waals surface area contributed by atoms with E-state index in [9.17, 15) is 5.11 Å². The Balaban J connectivity index is 1.46. The average Bonchev–Trinajstić information content (AvgIpc) is 3.16. The lowest BCUT2D eigenvalue weighted by molar-refractivity contribution is 0.00370. The first-order valence-corrected chi connectivity index (χ1v) is 10.5. The third kappa shape index (κ3) is 4.63. The fourth-order valence-electron chi connectivity index (χ4n) is 4.15. The van der Waals surface area contributed by atoms with Gasteiger partial charge in [-0.25, -0.2) is 4.68 Å². The highest BCUT2D eigenvalue weighted by Crippen LogP contribution is 2.28. The molecule has 1 saturated carbocycles. The molecule has 2 fully saturated rings. The molecular formula is C23H29N3O2. The van der Waals surface area contributed by atoms with E-state index < -0.39 is 5.60 Å². The van der Waals surface area contributed by atoms with Crippen molar-refractivity contribution in [3.63, 3.8) is 0 Å². The second-order valence-corrected chi connectivity index (χ2v) is 8.19. The Morgan fingerprint density at radius 1 is 1.21 bits per heavy atom. The summed E-state index contributed by atoms with van der Waals surface area (Å²) in [6.07, 6.45) is 10.6. The van der Waals surface area contributed by atoms with Gasteiger partial charge in [-0.15, -0.1) is 5.10 Å². The average molecular weight is 380 g/mol. The summed E-state index contributed by atoms with van der Waals surface area (Å²) >= 11 is 0. The summed E-state index contributed by atoms with van der Waals surface area (Å²) in [7, 11) is 0. The topological polar surface area (TPSA) is 60.2 Å². The smallest absolute Gasteiger partial charge is 0.125 e. The summed E-state index contributed by atoms with van der Waals surface area (Å²) in [4.78, 5) is 0. The highest BCUT2D eigenvalue weighted by molar-refractivity contribution is 5.64. The SMILES string of the molecule is Cc1cc(C#CC2(O)CCCCC2)ccc1-c1cn(C[C@H]2CCCCO2)nn1. The number of aromatic nitrogens is 3. The van der Waals surface area contributed by atoms with Gasteiger partial charge < -0.3 is 9.84 Å². The van der Waals surface area contributed by atoms with Crippen LogP contribution in [-0.4, -0.2) is 38.4 Å². The van der Waals surface area contributed by atoms with Crippen LogP contribution in [0.2, 0.25) is 0 Å². The molecule has 1 aromatic heterocycles. The molecule has 5 heteroatoms. The van der Waals surface area contributed by atoms with Gasteiger partial charge in [0.2, 0.25) is 0 Å². The third-order valence-corrected chi connectivity index (χ3v) is 5.83. The molecule has 0 spiro atoms. The van der Waals surface area contributed by atoms with Crippen LogP contribution in [-0.2, 0) is 11.3 Å². The van der Waals surface area contributed by atoms with Crippen LogP contribution in [0.25, 0.3) is 11.3 Å². The predicted molar refractivity (Wildman–Crippen MR) is 109 cm³/mol. The lowest BCUT2D eigenvalue weighted by Crippen LogP contribution is -2.29. The molecule has 1 atom stereocenters. The molecule has 148 valence electrons. The lowest BCUT2D eigenvalue weighted by Gasteiger charge is -2.26. The van der Waals surface area contributed by atoms with Gasteiger partial charge in [-0.1, -0.05) is 29.5 Å². The largest absolute Gasteiger partial charge is 0.378 e. The number of aryl methyl sites for hydroxylation is 1. The molecule has 1 aromatic carbocycles. The number of rotatable bonds is 3. The van der Waals surface area contributed by atoms with E-state index in [-0.39, 0.29) is 6.10 Å². The van der Waals surface area contributed by atoms with Crippen LogP contribution in [0.4, 0.5) is 0 Å². The van der Waals surface area contributed by atoms with Gasteiger partial charge in [0.05, 0.1) is 18.8 Å². The van der Waals surface area contributed by atoms with Gasteiger partial charge in [-0.2, -0.15) is 0 Å². The van der Waals surface area contributed by atoms with Gasteiger partial charge in [-0.05, 0) is 69.6 Å². The van der Waals surface area contributed by atoms with Gasteiger partial charge >= 0.3 is 0 Å². The van der Waals surface area contributed by atoms with E-state index in [1.807, 2.05) is 16.9 Å². The molecule has 1 saturated heterocycles. The Bertz CT molecular complexity index is 865. The summed E-state index contributed by atoms with van der Waals surface area (Å²) in [5, 5.41) is 19.2. The highest BCUT2D eigenvalue weighted by atomic mass is 16.5. The van der Waals surface area contributed by atoms with E-state index in [4.69, 9.17) is 4.74 Å². The zero-order valence-electron chi connectivity index (χ0n) is 16.7. The number of ether oxygens (including phenoxy) is 1. The Morgan fingerprint density at radius 2 is 2.07 bits per heavy atom. The Labute approximate surface area is 167 Å². The van der Waals surface area contributed by atoms with E-state index in [1.165, 1.54) is 12.8 Å². The van der Waals surface area contributed by atoms with Gasteiger partial charge in [0, 0.05) is 17.7 Å². The minimum absolute atomic E-state index is 0.243. The molecule has 4 rings (SSSR count). The monoisotopic (exact) mass is 379 g/mol. The number of aliphatic hydroxyl groups is 1. The Hall–Kier alpha value is -2.16. The maximum absolute atomic E-state index is 10.6. The molecule has 2 aliphatic rings. The van der Waals surface area contributed by atoms with Gasteiger partial charge in [0.25, 0.3) is 0 Å². The molecule has 2 heterocycles. The molecule has 1 aliphatic carbocycles. The molecule has 0 radical (unpaired) electrons. The first-order valence-electron chi connectivity index (χ1n) is 10.5. The second-order valence-electron chi connectivity index (χ2n) is 8.19. The van der Waals surface area contributed by atoms with Gasteiger partial charge in [0.1, 0.15) is 11.3 Å². The molecular weight excluding hydrogens is 350 g/mol. The number of hydrogen-bond donors (Lipinski definition) is 1. The third-order valence-electron chi connectivity index (χ3n) is 5.83. The number of nitrogens with zero attached hydrogens (tertiary/aromatic N) is 3. The van der Waals surface area contributed by atoms with Gasteiger partial charge in [0.15, 0.2) is 0 Å². The lowest BCUT2D eigenvalue weighted by atomic mass is 9.85. The van der Waals surface area contributed by atoms with Gasteiger partial charge in [-0.3, -0.25) is 0 Å². The summed E-state index contributed by atoms with van der Waals surface area (Å²) in [6, 6.07) is 6.12. The quantitative estimate of drug-likeness (QED) is 0.823. The van der Waals surface area contributed by atoms with E-state index in [2.05, 4.69) is 41.2 Å². The van der Waals surface area contributed by atoms with Crippen LogP contribution >= 0.6 is 0 Å². The first-order chi connectivity index (χ1) is 13.6. The molecule has 1 N–H and O–H groups in total. The van der Waals surface area contributed by atoms with Crippen molar-refractivity contribution in [2.45, 2.75) is 76.5 Å². The van der Waals surface area contributed by atoms with Crippen LogP contribution in [0, 0.1) is 18.8 Å². The molecule has 0 unspecified atom stereocenters. The minimum Gasteiger partial charge on any atom is -0.378 e. The second kappa shape index (κ2) is 8.46. The standard InChI is InChI=1S/C23H29N3O2/c1-18-15-19(10-13-23(27)11-4-2-5-12-23)8-9-21(18)22-17-26(25-24-22)16-20-7-3-6-14-28-20/h8-9,15,17,20,27H,2-7,11-12,14,16H2,1H3/t20-/m1/s1. The Morgan fingerprint density at radius 3 is 2.82 bits per heavy atom. The van der Waals surface area contributed by atoms with Crippen LogP contribution < -0.4 is 0 Å². The highest BCUT2D eigenvalue weighted by Gasteiger charge is 2.26. The summed E-state index contributed by atoms with van der Waals surface area (Å²) in [6.45, 7) is 3.68. The van der Waals surface area contributed by atoms with Crippen molar-refractivity contribution < 1.29 is 9.84 Å². The predicted octanol–water partition coefficient (Wildman–Crippen LogP) is 3.87. The van der Waals surface area contributed by atoms with E-state index in [0.717, 1.165) is 74.1 Å². The molecule has 0 bridgehead atoms. The van der Waals surface area contributed by atoms with Crippen LogP contribution in [0.1, 0.15) is 62.5 Å². The van der Waals surface area contributed by atoms with Crippen molar-refractivity contribution in [2.75, 3.05) is 6.61 Å². The fourth-order valence-corrected chi connectivity index (χ4v) is 4.15. The zero-order valence-corrected chi connectivity index (χ0v) is 16.7. The minimum atomic E-state index is -0.811. The van der Waals surface area contributed by atoms with Crippen LogP contribution in [0.5, 0.6) is 0 Å². The molecule has 2 aromatic rings. The maximum atomic E-state index is 10.6. The first kappa shape index (κ1) is 19.2. The van der Waals surface area contributed by atoms with Crippen molar-refractivity contribution in [3.8, 4) is 23.1 Å². The van der Waals surface area contributed by atoms with Crippen molar-refractivity contribution in [1.29, 1.82) is 0 Å². The Kier molecular flexibility index (Phi) is 5.79.